The van der Waals surface area contributed by atoms with Crippen LogP contribution in [0.25, 0.3) is 22.9 Å². The van der Waals surface area contributed by atoms with Crippen molar-refractivity contribution in [3.8, 4) is 34.5 Å². The van der Waals surface area contributed by atoms with E-state index in [2.05, 4.69) is 15.2 Å². The summed E-state index contributed by atoms with van der Waals surface area (Å²) < 4.78 is 16.2. The van der Waals surface area contributed by atoms with Gasteiger partial charge in [0.1, 0.15) is 11.3 Å². The Labute approximate surface area is 121 Å². The molecule has 0 aliphatic heterocycles. The van der Waals surface area contributed by atoms with E-state index in [0.29, 0.717) is 29.0 Å². The van der Waals surface area contributed by atoms with E-state index in [-0.39, 0.29) is 0 Å². The number of hydrogen-bond acceptors (Lipinski definition) is 6. The molecule has 0 radical (unpaired) electrons. The van der Waals surface area contributed by atoms with E-state index in [9.17, 15) is 0 Å². The molecule has 0 fully saturated rings. The van der Waals surface area contributed by atoms with Crippen LogP contribution in [0.5, 0.6) is 11.6 Å². The number of nitrogens with zero attached hydrogens (tertiary/aromatic N) is 3. The predicted molar refractivity (Wildman–Crippen MR) is 76.1 cm³/mol. The lowest BCUT2D eigenvalue weighted by molar-refractivity contribution is 0.397. The van der Waals surface area contributed by atoms with Crippen LogP contribution < -0.4 is 9.47 Å². The molecule has 6 nitrogen and oxygen atoms in total. The van der Waals surface area contributed by atoms with Crippen LogP contribution in [0.2, 0.25) is 0 Å². The van der Waals surface area contributed by atoms with Gasteiger partial charge in [0.15, 0.2) is 0 Å². The maximum atomic E-state index is 5.72. The Morgan fingerprint density at radius 2 is 1.57 bits per heavy atom. The molecule has 0 saturated heterocycles. The molecule has 21 heavy (non-hydrogen) atoms. The van der Waals surface area contributed by atoms with Gasteiger partial charge in [-0.2, -0.15) is 0 Å². The average Bonchev–Trinajstić information content (AvgIpc) is 3.04. The molecule has 0 spiro atoms. The van der Waals surface area contributed by atoms with Gasteiger partial charge in [-0.05, 0) is 24.3 Å². The van der Waals surface area contributed by atoms with Crippen LogP contribution in [0, 0.1) is 0 Å². The fraction of sp³-hybridized carbons (Fsp3) is 0.133. The van der Waals surface area contributed by atoms with Gasteiger partial charge in [-0.3, -0.25) is 0 Å². The third-order valence-electron chi connectivity index (χ3n) is 2.96. The lowest BCUT2D eigenvalue weighted by atomic mass is 10.2. The quantitative estimate of drug-likeness (QED) is 0.733. The molecule has 0 atom stereocenters. The molecule has 0 unspecified atom stereocenters. The average molecular weight is 283 g/mol. The summed E-state index contributed by atoms with van der Waals surface area (Å²) in [5, 5.41) is 8.12. The molecular weight excluding hydrogens is 270 g/mol. The van der Waals surface area contributed by atoms with E-state index in [1.54, 1.807) is 26.5 Å². The summed E-state index contributed by atoms with van der Waals surface area (Å²) in [5.74, 6) is 1.84. The van der Waals surface area contributed by atoms with Gasteiger partial charge < -0.3 is 13.9 Å². The lowest BCUT2D eigenvalue weighted by Crippen LogP contribution is -1.90. The van der Waals surface area contributed by atoms with E-state index in [4.69, 9.17) is 13.9 Å². The topological polar surface area (TPSA) is 70.3 Å². The Bertz CT molecular complexity index is 693. The van der Waals surface area contributed by atoms with E-state index in [1.165, 1.54) is 0 Å². The van der Waals surface area contributed by atoms with Crippen LogP contribution in [-0.2, 0) is 0 Å². The molecule has 106 valence electrons. The predicted octanol–water partition coefficient (Wildman–Crippen LogP) is 2.82. The molecule has 0 N–H and O–H groups in total. The van der Waals surface area contributed by atoms with Crippen LogP contribution in [0.1, 0.15) is 0 Å². The lowest BCUT2D eigenvalue weighted by Gasteiger charge is -2.04. The zero-order valence-corrected chi connectivity index (χ0v) is 11.6. The second-order valence-electron chi connectivity index (χ2n) is 4.17. The second kappa shape index (κ2) is 5.62. The van der Waals surface area contributed by atoms with Gasteiger partial charge in [0.05, 0.1) is 19.8 Å². The van der Waals surface area contributed by atoms with Crippen molar-refractivity contribution in [3.05, 3.63) is 42.6 Å². The van der Waals surface area contributed by atoms with Crippen molar-refractivity contribution < 1.29 is 13.9 Å². The summed E-state index contributed by atoms with van der Waals surface area (Å²) in [6, 6.07) is 11.0. The minimum absolute atomic E-state index is 0.348. The van der Waals surface area contributed by atoms with Gasteiger partial charge in [0.25, 0.3) is 11.8 Å². The molecule has 2 aromatic heterocycles. The van der Waals surface area contributed by atoms with E-state index >= 15 is 0 Å². The zero-order chi connectivity index (χ0) is 14.7. The molecule has 3 rings (SSSR count). The Hall–Kier alpha value is -2.89. The first-order valence-corrected chi connectivity index (χ1v) is 6.29. The standard InChI is InChI=1S/C15H13N3O3/c1-19-12-8-4-3-6-10(12)14-17-18-15(21-14)11-7-5-9-16-13(11)20-2/h3-9H,1-2H3. The number of aromatic nitrogens is 3. The first-order chi connectivity index (χ1) is 10.3. The molecule has 1 aromatic carbocycles. The number of benzene rings is 1. The summed E-state index contributed by atoms with van der Waals surface area (Å²) >= 11 is 0. The van der Waals surface area contributed by atoms with E-state index < -0.39 is 0 Å². The second-order valence-corrected chi connectivity index (χ2v) is 4.17. The Morgan fingerprint density at radius 1 is 0.857 bits per heavy atom. The monoisotopic (exact) mass is 283 g/mol. The van der Waals surface area contributed by atoms with Crippen molar-refractivity contribution in [1.82, 2.24) is 15.2 Å². The highest BCUT2D eigenvalue weighted by Crippen LogP contribution is 2.32. The largest absolute Gasteiger partial charge is 0.496 e. The minimum atomic E-state index is 0.348. The van der Waals surface area contributed by atoms with Gasteiger partial charge in [0.2, 0.25) is 5.88 Å². The Balaban J connectivity index is 2.04. The maximum Gasteiger partial charge on any atom is 0.253 e. The molecule has 6 heteroatoms. The normalized spacial score (nSPS) is 10.4. The Kier molecular flexibility index (Phi) is 3.51. The fourth-order valence-electron chi connectivity index (χ4n) is 1.98. The third kappa shape index (κ3) is 2.43. The molecular formula is C15H13N3O3. The number of methoxy groups -OCH3 is 2. The van der Waals surface area contributed by atoms with Crippen molar-refractivity contribution in [2.24, 2.45) is 0 Å². The fourth-order valence-corrected chi connectivity index (χ4v) is 1.98. The van der Waals surface area contributed by atoms with Crippen LogP contribution in [-0.4, -0.2) is 29.4 Å². The first-order valence-electron chi connectivity index (χ1n) is 6.29. The van der Waals surface area contributed by atoms with Gasteiger partial charge >= 0.3 is 0 Å². The molecule has 0 amide bonds. The summed E-state index contributed by atoms with van der Waals surface area (Å²) in [6.07, 6.45) is 1.64. The van der Waals surface area contributed by atoms with Crippen LogP contribution in [0.3, 0.4) is 0 Å². The highest BCUT2D eigenvalue weighted by molar-refractivity contribution is 5.65. The number of rotatable bonds is 4. The summed E-state index contributed by atoms with van der Waals surface area (Å²) in [6.45, 7) is 0. The molecule has 0 aliphatic carbocycles. The molecule has 2 heterocycles. The number of pyridine rings is 1. The van der Waals surface area contributed by atoms with Gasteiger partial charge in [-0.15, -0.1) is 10.2 Å². The maximum absolute atomic E-state index is 5.72. The number of hydrogen-bond donors (Lipinski definition) is 0. The SMILES string of the molecule is COc1ccccc1-c1nnc(-c2cccnc2OC)o1. The minimum Gasteiger partial charge on any atom is -0.496 e. The summed E-state index contributed by atoms with van der Waals surface area (Å²) in [5.41, 5.74) is 1.38. The molecule has 0 bridgehead atoms. The van der Waals surface area contributed by atoms with Crippen molar-refractivity contribution >= 4 is 0 Å². The van der Waals surface area contributed by atoms with Crippen LogP contribution in [0.15, 0.2) is 47.0 Å². The Morgan fingerprint density at radius 3 is 2.33 bits per heavy atom. The van der Waals surface area contributed by atoms with Crippen LogP contribution in [0.4, 0.5) is 0 Å². The van der Waals surface area contributed by atoms with Gasteiger partial charge in [0, 0.05) is 6.20 Å². The van der Waals surface area contributed by atoms with Gasteiger partial charge in [-0.1, -0.05) is 12.1 Å². The van der Waals surface area contributed by atoms with Crippen molar-refractivity contribution in [2.75, 3.05) is 14.2 Å². The smallest absolute Gasteiger partial charge is 0.253 e. The highest BCUT2D eigenvalue weighted by Gasteiger charge is 2.17. The van der Waals surface area contributed by atoms with Crippen molar-refractivity contribution in [3.63, 3.8) is 0 Å². The number of ether oxygens (including phenoxy) is 2. The summed E-state index contributed by atoms with van der Waals surface area (Å²) in [7, 11) is 3.14. The summed E-state index contributed by atoms with van der Waals surface area (Å²) in [4.78, 5) is 4.11. The van der Waals surface area contributed by atoms with Crippen molar-refractivity contribution in [1.29, 1.82) is 0 Å². The molecule has 0 saturated carbocycles. The number of para-hydroxylation sites is 1. The molecule has 3 aromatic rings. The first kappa shape index (κ1) is 13.1. The van der Waals surface area contributed by atoms with E-state index in [1.807, 2.05) is 30.3 Å². The third-order valence-corrected chi connectivity index (χ3v) is 2.96. The zero-order valence-electron chi connectivity index (χ0n) is 11.6. The van der Waals surface area contributed by atoms with Gasteiger partial charge in [-0.25, -0.2) is 4.98 Å². The van der Waals surface area contributed by atoms with Crippen LogP contribution >= 0.6 is 0 Å². The van der Waals surface area contributed by atoms with E-state index in [0.717, 1.165) is 5.56 Å². The highest BCUT2D eigenvalue weighted by atomic mass is 16.5. The molecule has 0 aliphatic rings. The van der Waals surface area contributed by atoms with Crippen molar-refractivity contribution in [2.45, 2.75) is 0 Å².